The Kier molecular flexibility index (Phi) is 7.37. The smallest absolute Gasteiger partial charge is 0.359 e. The van der Waals surface area contributed by atoms with E-state index in [0.717, 1.165) is 30.2 Å². The highest BCUT2D eigenvalue weighted by atomic mass is 32.2. The normalized spacial score (nSPS) is 11.5. The Morgan fingerprint density at radius 3 is 2.41 bits per heavy atom. The summed E-state index contributed by atoms with van der Waals surface area (Å²) in [6.07, 6.45) is 3.85. The van der Waals surface area contributed by atoms with Crippen molar-refractivity contribution in [1.82, 2.24) is 4.90 Å². The lowest BCUT2D eigenvalue weighted by atomic mass is 10.3. The fraction of sp³-hybridized carbons (Fsp3) is 0.467. The standard InChI is InChI=1S/C15H24N2O4S/c1-4-11-16(2)12-5-6-13-21-15-9-7-14(8-10-15)17(3)22(18,19)20/h4,7-10H,1,5-6,11-13H2,2-3H3,(H,18,19,20). The van der Waals surface area contributed by atoms with Crippen LogP contribution in [0.3, 0.4) is 0 Å². The highest BCUT2D eigenvalue weighted by molar-refractivity contribution is 7.87. The van der Waals surface area contributed by atoms with Crippen LogP contribution in [0.2, 0.25) is 0 Å². The fourth-order valence-corrected chi connectivity index (χ4v) is 2.26. The second-order valence-electron chi connectivity index (χ2n) is 5.05. The molecule has 6 nitrogen and oxygen atoms in total. The number of ether oxygens (including phenoxy) is 1. The number of benzene rings is 1. The zero-order chi connectivity index (χ0) is 16.6. The van der Waals surface area contributed by atoms with Gasteiger partial charge in [-0.15, -0.1) is 6.58 Å². The molecule has 0 radical (unpaired) electrons. The van der Waals surface area contributed by atoms with Crippen LogP contribution in [-0.4, -0.2) is 51.7 Å². The summed E-state index contributed by atoms with van der Waals surface area (Å²) in [5.74, 6) is 0.673. The molecule has 7 heteroatoms. The largest absolute Gasteiger partial charge is 0.494 e. The molecule has 0 fully saturated rings. The van der Waals surface area contributed by atoms with Crippen molar-refractivity contribution in [3.05, 3.63) is 36.9 Å². The molecule has 22 heavy (non-hydrogen) atoms. The monoisotopic (exact) mass is 328 g/mol. The second-order valence-corrected chi connectivity index (χ2v) is 6.49. The van der Waals surface area contributed by atoms with Crippen molar-refractivity contribution in [3.63, 3.8) is 0 Å². The molecular formula is C15H24N2O4S. The molecule has 0 aliphatic carbocycles. The Morgan fingerprint density at radius 1 is 1.23 bits per heavy atom. The highest BCUT2D eigenvalue weighted by Crippen LogP contribution is 2.20. The molecule has 0 saturated heterocycles. The molecular weight excluding hydrogens is 304 g/mol. The maximum Gasteiger partial charge on any atom is 0.359 e. The molecule has 0 saturated carbocycles. The summed E-state index contributed by atoms with van der Waals surface area (Å²) >= 11 is 0. The minimum Gasteiger partial charge on any atom is -0.494 e. The van der Waals surface area contributed by atoms with Gasteiger partial charge < -0.3 is 9.64 Å². The third kappa shape index (κ3) is 6.46. The van der Waals surface area contributed by atoms with Crippen LogP contribution in [-0.2, 0) is 10.3 Å². The van der Waals surface area contributed by atoms with Crippen LogP contribution in [0.1, 0.15) is 12.8 Å². The van der Waals surface area contributed by atoms with E-state index in [1.54, 1.807) is 24.3 Å². The summed E-state index contributed by atoms with van der Waals surface area (Å²) in [5, 5.41) is 0. The summed E-state index contributed by atoms with van der Waals surface area (Å²) in [6, 6.07) is 6.53. The Hall–Kier alpha value is -1.57. The maximum atomic E-state index is 11.0. The molecule has 0 bridgehead atoms. The van der Waals surface area contributed by atoms with Crippen LogP contribution in [0.5, 0.6) is 5.75 Å². The molecule has 0 amide bonds. The van der Waals surface area contributed by atoms with Crippen LogP contribution >= 0.6 is 0 Å². The van der Waals surface area contributed by atoms with E-state index in [9.17, 15) is 8.42 Å². The number of likely N-dealkylation sites (N-methyl/N-ethyl adjacent to an activating group) is 1. The van der Waals surface area contributed by atoms with Crippen molar-refractivity contribution in [1.29, 1.82) is 0 Å². The van der Waals surface area contributed by atoms with Gasteiger partial charge in [-0.2, -0.15) is 8.42 Å². The van der Waals surface area contributed by atoms with Crippen LogP contribution in [0.25, 0.3) is 0 Å². The van der Waals surface area contributed by atoms with Crippen molar-refractivity contribution in [2.75, 3.05) is 38.1 Å². The van der Waals surface area contributed by atoms with Crippen LogP contribution in [0, 0.1) is 0 Å². The van der Waals surface area contributed by atoms with Gasteiger partial charge in [0.15, 0.2) is 0 Å². The molecule has 1 rings (SSSR count). The SMILES string of the molecule is C=CCN(C)CCCCOc1ccc(N(C)S(=O)(=O)O)cc1. The fourth-order valence-electron chi connectivity index (χ4n) is 1.87. The lowest BCUT2D eigenvalue weighted by Crippen LogP contribution is -2.25. The number of nitrogens with zero attached hydrogens (tertiary/aromatic N) is 2. The summed E-state index contributed by atoms with van der Waals surface area (Å²) in [6.45, 7) is 6.17. The first kappa shape index (κ1) is 18.5. The third-order valence-corrected chi connectivity index (χ3v) is 4.09. The Balaban J connectivity index is 2.35. The summed E-state index contributed by atoms with van der Waals surface area (Å²) in [4.78, 5) is 2.19. The molecule has 0 aliphatic heterocycles. The summed E-state index contributed by atoms with van der Waals surface area (Å²) < 4.78 is 37.4. The van der Waals surface area contributed by atoms with Crippen molar-refractivity contribution >= 4 is 16.0 Å². The van der Waals surface area contributed by atoms with Gasteiger partial charge in [0.25, 0.3) is 0 Å². The Labute approximate surface area is 132 Å². The van der Waals surface area contributed by atoms with Crippen LogP contribution in [0.4, 0.5) is 5.69 Å². The van der Waals surface area contributed by atoms with Gasteiger partial charge in [-0.3, -0.25) is 8.86 Å². The molecule has 0 unspecified atom stereocenters. The summed E-state index contributed by atoms with van der Waals surface area (Å²) in [7, 11) is -0.894. The van der Waals surface area contributed by atoms with E-state index < -0.39 is 10.3 Å². The quantitative estimate of drug-likeness (QED) is 0.405. The minimum absolute atomic E-state index is 0.376. The highest BCUT2D eigenvalue weighted by Gasteiger charge is 2.13. The van der Waals surface area contributed by atoms with Crippen LogP contribution < -0.4 is 9.04 Å². The molecule has 1 aromatic carbocycles. The molecule has 0 atom stereocenters. The predicted octanol–water partition coefficient (Wildman–Crippen LogP) is 2.20. The minimum atomic E-state index is -4.23. The Bertz CT molecular complexity index is 557. The number of anilines is 1. The third-order valence-electron chi connectivity index (χ3n) is 3.19. The molecule has 1 aromatic rings. The van der Waals surface area contributed by atoms with E-state index >= 15 is 0 Å². The lowest BCUT2D eigenvalue weighted by Gasteiger charge is -2.16. The zero-order valence-corrected chi connectivity index (χ0v) is 13.9. The zero-order valence-electron chi connectivity index (χ0n) is 13.1. The number of rotatable bonds is 10. The number of hydrogen-bond acceptors (Lipinski definition) is 4. The molecule has 1 N–H and O–H groups in total. The van der Waals surface area contributed by atoms with Gasteiger partial charge in [0.1, 0.15) is 5.75 Å². The van der Waals surface area contributed by atoms with Gasteiger partial charge in [0.05, 0.1) is 12.3 Å². The first-order chi connectivity index (χ1) is 10.3. The second kappa shape index (κ2) is 8.77. The van der Waals surface area contributed by atoms with Crippen molar-refractivity contribution in [3.8, 4) is 5.75 Å². The summed E-state index contributed by atoms with van der Waals surface area (Å²) in [5.41, 5.74) is 0.376. The van der Waals surface area contributed by atoms with Crippen molar-refractivity contribution < 1.29 is 17.7 Å². The van der Waals surface area contributed by atoms with Gasteiger partial charge in [0.2, 0.25) is 0 Å². The topological polar surface area (TPSA) is 70.1 Å². The predicted molar refractivity (Wildman–Crippen MR) is 88.8 cm³/mol. The van der Waals surface area contributed by atoms with Crippen molar-refractivity contribution in [2.24, 2.45) is 0 Å². The van der Waals surface area contributed by atoms with Gasteiger partial charge in [-0.1, -0.05) is 6.08 Å². The molecule has 124 valence electrons. The van der Waals surface area contributed by atoms with Gasteiger partial charge >= 0.3 is 10.3 Å². The molecule has 0 aliphatic rings. The average Bonchev–Trinajstić information content (AvgIpc) is 2.46. The maximum absolute atomic E-state index is 11.0. The van der Waals surface area contributed by atoms with E-state index in [1.165, 1.54) is 7.05 Å². The van der Waals surface area contributed by atoms with E-state index in [0.29, 0.717) is 18.0 Å². The first-order valence-electron chi connectivity index (χ1n) is 7.08. The van der Waals surface area contributed by atoms with Gasteiger partial charge in [0, 0.05) is 13.6 Å². The lowest BCUT2D eigenvalue weighted by molar-refractivity contribution is 0.287. The van der Waals surface area contributed by atoms with Crippen molar-refractivity contribution in [2.45, 2.75) is 12.8 Å². The van der Waals surface area contributed by atoms with E-state index in [2.05, 4.69) is 11.5 Å². The average molecular weight is 328 g/mol. The van der Waals surface area contributed by atoms with E-state index in [1.807, 2.05) is 13.1 Å². The van der Waals surface area contributed by atoms with Crippen LogP contribution in [0.15, 0.2) is 36.9 Å². The number of unbranched alkanes of at least 4 members (excludes halogenated alkanes) is 1. The Morgan fingerprint density at radius 2 is 1.86 bits per heavy atom. The van der Waals surface area contributed by atoms with E-state index in [4.69, 9.17) is 9.29 Å². The molecule has 0 heterocycles. The number of hydrogen-bond donors (Lipinski definition) is 1. The molecule has 0 spiro atoms. The van der Waals surface area contributed by atoms with E-state index in [-0.39, 0.29) is 0 Å². The van der Waals surface area contributed by atoms with Gasteiger partial charge in [-0.25, -0.2) is 0 Å². The molecule has 0 aromatic heterocycles. The first-order valence-corrected chi connectivity index (χ1v) is 8.48. The van der Waals surface area contributed by atoms with Gasteiger partial charge in [-0.05, 0) is 50.7 Å².